The highest BCUT2D eigenvalue weighted by Crippen LogP contribution is 2.24. The van der Waals surface area contributed by atoms with Crippen LogP contribution in [-0.2, 0) is 0 Å². The van der Waals surface area contributed by atoms with E-state index < -0.39 is 0 Å². The van der Waals surface area contributed by atoms with Gasteiger partial charge in [0, 0.05) is 19.1 Å². The number of hydrogen-bond acceptors (Lipinski definition) is 2. The van der Waals surface area contributed by atoms with Gasteiger partial charge in [-0.1, -0.05) is 20.3 Å². The SMILES string of the molecule is CC(C)CCC1CCCN(C(=O)NC2CCC(O)CC2)C1. The molecule has 2 aliphatic rings. The lowest BCUT2D eigenvalue weighted by molar-refractivity contribution is 0.112. The zero-order chi connectivity index (χ0) is 15.2. The third-order valence-electron chi connectivity index (χ3n) is 4.98. The van der Waals surface area contributed by atoms with Crippen molar-refractivity contribution in [1.82, 2.24) is 10.2 Å². The first-order valence-electron chi connectivity index (χ1n) is 8.78. The van der Waals surface area contributed by atoms with E-state index in [0.717, 1.165) is 51.1 Å². The molecule has 0 aromatic heterocycles. The fraction of sp³-hybridized carbons (Fsp3) is 0.941. The third-order valence-corrected chi connectivity index (χ3v) is 4.98. The summed E-state index contributed by atoms with van der Waals surface area (Å²) in [7, 11) is 0. The van der Waals surface area contributed by atoms with Gasteiger partial charge in [0.2, 0.25) is 0 Å². The Morgan fingerprint density at radius 3 is 2.62 bits per heavy atom. The summed E-state index contributed by atoms with van der Waals surface area (Å²) in [4.78, 5) is 14.4. The number of amides is 2. The molecule has 4 nitrogen and oxygen atoms in total. The molecule has 21 heavy (non-hydrogen) atoms. The van der Waals surface area contributed by atoms with Gasteiger partial charge in [-0.3, -0.25) is 0 Å². The minimum atomic E-state index is -0.159. The van der Waals surface area contributed by atoms with Crippen molar-refractivity contribution in [1.29, 1.82) is 0 Å². The minimum Gasteiger partial charge on any atom is -0.393 e. The van der Waals surface area contributed by atoms with E-state index in [1.807, 2.05) is 4.90 Å². The van der Waals surface area contributed by atoms with E-state index in [2.05, 4.69) is 19.2 Å². The van der Waals surface area contributed by atoms with E-state index >= 15 is 0 Å². The van der Waals surface area contributed by atoms with Crippen LogP contribution in [0.3, 0.4) is 0 Å². The van der Waals surface area contributed by atoms with Crippen LogP contribution in [0.25, 0.3) is 0 Å². The van der Waals surface area contributed by atoms with Gasteiger partial charge in [-0.25, -0.2) is 4.79 Å². The molecule has 1 unspecified atom stereocenters. The number of carbonyl (C=O) groups excluding carboxylic acids is 1. The van der Waals surface area contributed by atoms with E-state index in [1.165, 1.54) is 19.3 Å². The van der Waals surface area contributed by atoms with Crippen molar-refractivity contribution in [3.63, 3.8) is 0 Å². The molecule has 2 N–H and O–H groups in total. The number of aliphatic hydroxyl groups excluding tert-OH is 1. The molecule has 2 fully saturated rings. The van der Waals surface area contributed by atoms with Crippen LogP contribution in [0.5, 0.6) is 0 Å². The van der Waals surface area contributed by atoms with Crippen LogP contribution in [-0.4, -0.2) is 41.3 Å². The lowest BCUT2D eigenvalue weighted by atomic mass is 9.90. The molecular weight excluding hydrogens is 264 g/mol. The first-order valence-corrected chi connectivity index (χ1v) is 8.78. The van der Waals surface area contributed by atoms with Crippen LogP contribution in [0.1, 0.15) is 65.2 Å². The number of carbonyl (C=O) groups is 1. The van der Waals surface area contributed by atoms with Gasteiger partial charge < -0.3 is 15.3 Å². The summed E-state index contributed by atoms with van der Waals surface area (Å²) in [6, 6.07) is 0.377. The lowest BCUT2D eigenvalue weighted by Crippen LogP contribution is -2.49. The number of nitrogens with one attached hydrogen (secondary N) is 1. The fourth-order valence-corrected chi connectivity index (χ4v) is 3.54. The number of hydrogen-bond donors (Lipinski definition) is 2. The largest absolute Gasteiger partial charge is 0.393 e. The predicted molar refractivity (Wildman–Crippen MR) is 85.2 cm³/mol. The number of rotatable bonds is 4. The molecule has 0 radical (unpaired) electrons. The predicted octanol–water partition coefficient (Wildman–Crippen LogP) is 3.15. The van der Waals surface area contributed by atoms with Gasteiger partial charge in [0.1, 0.15) is 0 Å². The van der Waals surface area contributed by atoms with E-state index in [4.69, 9.17) is 0 Å². The number of nitrogens with zero attached hydrogens (tertiary/aromatic N) is 1. The summed E-state index contributed by atoms with van der Waals surface area (Å²) < 4.78 is 0. The molecule has 1 saturated heterocycles. The molecule has 1 saturated carbocycles. The van der Waals surface area contributed by atoms with Crippen LogP contribution >= 0.6 is 0 Å². The molecule has 0 aromatic rings. The maximum Gasteiger partial charge on any atom is 0.317 e. The lowest BCUT2D eigenvalue weighted by Gasteiger charge is -2.35. The summed E-state index contributed by atoms with van der Waals surface area (Å²) in [6.45, 7) is 6.36. The topological polar surface area (TPSA) is 52.6 Å². The van der Waals surface area contributed by atoms with Gasteiger partial charge >= 0.3 is 6.03 Å². The van der Waals surface area contributed by atoms with Crippen molar-refractivity contribution in [3.8, 4) is 0 Å². The maximum absolute atomic E-state index is 12.4. The Hall–Kier alpha value is -0.770. The second kappa shape index (κ2) is 8.02. The molecule has 1 aliphatic heterocycles. The first kappa shape index (κ1) is 16.6. The second-order valence-corrected chi connectivity index (χ2v) is 7.38. The Labute approximate surface area is 129 Å². The molecule has 0 aromatic carbocycles. The summed E-state index contributed by atoms with van der Waals surface area (Å²) in [6.07, 6.45) is 8.23. The molecule has 2 amide bonds. The summed E-state index contributed by atoms with van der Waals surface area (Å²) >= 11 is 0. The Kier molecular flexibility index (Phi) is 6.34. The van der Waals surface area contributed by atoms with Crippen LogP contribution < -0.4 is 5.32 Å². The first-order chi connectivity index (χ1) is 10.0. The van der Waals surface area contributed by atoms with Crippen molar-refractivity contribution in [2.75, 3.05) is 13.1 Å². The van der Waals surface area contributed by atoms with E-state index in [-0.39, 0.29) is 18.2 Å². The number of piperidine rings is 1. The maximum atomic E-state index is 12.4. The fourth-order valence-electron chi connectivity index (χ4n) is 3.54. The summed E-state index contributed by atoms with van der Waals surface area (Å²) in [5.41, 5.74) is 0. The molecule has 0 bridgehead atoms. The van der Waals surface area contributed by atoms with Crippen LogP contribution in [0.15, 0.2) is 0 Å². The van der Waals surface area contributed by atoms with Crippen molar-refractivity contribution < 1.29 is 9.90 Å². The van der Waals surface area contributed by atoms with Gasteiger partial charge in [0.25, 0.3) is 0 Å². The average molecular weight is 296 g/mol. The molecule has 4 heteroatoms. The summed E-state index contributed by atoms with van der Waals surface area (Å²) in [5.74, 6) is 1.43. The van der Waals surface area contributed by atoms with Crippen LogP contribution in [0, 0.1) is 11.8 Å². The highest BCUT2D eigenvalue weighted by molar-refractivity contribution is 5.74. The minimum absolute atomic E-state index is 0.116. The highest BCUT2D eigenvalue weighted by atomic mass is 16.3. The van der Waals surface area contributed by atoms with Crippen molar-refractivity contribution in [3.05, 3.63) is 0 Å². The van der Waals surface area contributed by atoms with E-state index in [9.17, 15) is 9.90 Å². The van der Waals surface area contributed by atoms with Gasteiger partial charge in [-0.15, -0.1) is 0 Å². The standard InChI is InChI=1S/C17H32N2O2/c1-13(2)5-6-14-4-3-11-19(12-14)17(21)18-15-7-9-16(20)10-8-15/h13-16,20H,3-12H2,1-2H3,(H,18,21). The molecule has 1 heterocycles. The average Bonchev–Trinajstić information content (AvgIpc) is 2.48. The van der Waals surface area contributed by atoms with Crippen molar-refractivity contribution in [2.45, 2.75) is 77.4 Å². The van der Waals surface area contributed by atoms with Crippen molar-refractivity contribution in [2.24, 2.45) is 11.8 Å². The quantitative estimate of drug-likeness (QED) is 0.837. The number of aliphatic hydroxyl groups is 1. The molecule has 2 rings (SSSR count). The Morgan fingerprint density at radius 2 is 1.95 bits per heavy atom. The zero-order valence-corrected chi connectivity index (χ0v) is 13.7. The Bertz CT molecular complexity index is 325. The Morgan fingerprint density at radius 1 is 1.24 bits per heavy atom. The molecule has 122 valence electrons. The highest BCUT2D eigenvalue weighted by Gasteiger charge is 2.26. The van der Waals surface area contributed by atoms with Crippen LogP contribution in [0.4, 0.5) is 4.79 Å². The second-order valence-electron chi connectivity index (χ2n) is 7.38. The van der Waals surface area contributed by atoms with Crippen molar-refractivity contribution >= 4 is 6.03 Å². The smallest absolute Gasteiger partial charge is 0.317 e. The van der Waals surface area contributed by atoms with Gasteiger partial charge in [-0.05, 0) is 56.8 Å². The number of likely N-dealkylation sites (tertiary alicyclic amines) is 1. The van der Waals surface area contributed by atoms with Gasteiger partial charge in [-0.2, -0.15) is 0 Å². The van der Waals surface area contributed by atoms with E-state index in [1.54, 1.807) is 0 Å². The van der Waals surface area contributed by atoms with Gasteiger partial charge in [0.05, 0.1) is 6.10 Å². The normalized spacial score (nSPS) is 30.5. The number of urea groups is 1. The Balaban J connectivity index is 1.73. The third kappa shape index (κ3) is 5.50. The van der Waals surface area contributed by atoms with Gasteiger partial charge in [0.15, 0.2) is 0 Å². The monoisotopic (exact) mass is 296 g/mol. The molecule has 1 atom stereocenters. The zero-order valence-electron chi connectivity index (χ0n) is 13.7. The summed E-state index contributed by atoms with van der Waals surface area (Å²) in [5, 5.41) is 12.7. The molecular formula is C17H32N2O2. The molecule has 0 spiro atoms. The van der Waals surface area contributed by atoms with Crippen LogP contribution in [0.2, 0.25) is 0 Å². The van der Waals surface area contributed by atoms with E-state index in [0.29, 0.717) is 5.92 Å². The molecule has 1 aliphatic carbocycles.